The third-order valence-corrected chi connectivity index (χ3v) is 3.71. The van der Waals surface area contributed by atoms with E-state index in [2.05, 4.69) is 26.8 Å². The van der Waals surface area contributed by atoms with Crippen molar-refractivity contribution in [3.63, 3.8) is 0 Å². The molecule has 0 spiro atoms. The van der Waals surface area contributed by atoms with Gasteiger partial charge in [0.05, 0.1) is 0 Å². The maximum Gasteiger partial charge on any atom is 0.279 e. The normalized spacial score (nSPS) is 12.6. The summed E-state index contributed by atoms with van der Waals surface area (Å²) in [4.78, 5) is 24.0. The fourth-order valence-corrected chi connectivity index (χ4v) is 2.26. The molecule has 0 saturated carbocycles. The fourth-order valence-electron chi connectivity index (χ4n) is 1.88. The summed E-state index contributed by atoms with van der Waals surface area (Å²) in [6.07, 6.45) is -1.54. The Balaban J connectivity index is 1.79. The highest BCUT2D eigenvalue weighted by Gasteiger charge is 2.19. The number of carbonyl (C=O) groups excluding carboxylic acids is 2. The highest BCUT2D eigenvalue weighted by Crippen LogP contribution is 2.18. The van der Waals surface area contributed by atoms with Crippen LogP contribution in [0.3, 0.4) is 0 Å². The number of hydrogen-bond donors (Lipinski definition) is 2. The molecular weight excluding hydrogens is 388 g/mol. The van der Waals surface area contributed by atoms with Gasteiger partial charge in [0.15, 0.2) is 12.2 Å². The summed E-state index contributed by atoms with van der Waals surface area (Å²) >= 11 is 3.33. The first-order chi connectivity index (χ1) is 12.0. The van der Waals surface area contributed by atoms with Crippen LogP contribution in [0, 0.1) is 0 Å². The summed E-state index contributed by atoms with van der Waals surface area (Å²) in [7, 11) is 0. The molecule has 0 fully saturated rings. The number of benzene rings is 2. The van der Waals surface area contributed by atoms with E-state index in [0.29, 0.717) is 11.5 Å². The van der Waals surface area contributed by atoms with Crippen LogP contribution in [0.5, 0.6) is 11.5 Å². The highest BCUT2D eigenvalue weighted by atomic mass is 79.9. The molecule has 2 rings (SSSR count). The first kappa shape index (κ1) is 18.8. The lowest BCUT2D eigenvalue weighted by atomic mass is 10.3. The van der Waals surface area contributed by atoms with Crippen molar-refractivity contribution in [2.75, 3.05) is 0 Å². The average molecular weight is 407 g/mol. The standard InChI is InChI=1S/C18H19BrN2O4/c1-12(24-15-8-4-3-5-9-15)17(22)20-21-18(23)13(2)25-16-10-6-7-14(19)11-16/h3-13H,1-2H3,(H,20,22)(H,21,23). The van der Waals surface area contributed by atoms with Crippen LogP contribution >= 0.6 is 15.9 Å². The fraction of sp³-hybridized carbons (Fsp3) is 0.222. The van der Waals surface area contributed by atoms with E-state index in [1.165, 1.54) is 0 Å². The van der Waals surface area contributed by atoms with E-state index < -0.39 is 24.0 Å². The average Bonchev–Trinajstić information content (AvgIpc) is 2.60. The minimum absolute atomic E-state index is 0.466. The predicted octanol–water partition coefficient (Wildman–Crippen LogP) is 2.83. The Hall–Kier alpha value is -2.54. The number of ether oxygens (including phenoxy) is 2. The zero-order chi connectivity index (χ0) is 18.2. The lowest BCUT2D eigenvalue weighted by Gasteiger charge is -2.17. The van der Waals surface area contributed by atoms with E-state index in [9.17, 15) is 9.59 Å². The molecule has 0 aliphatic carbocycles. The van der Waals surface area contributed by atoms with Gasteiger partial charge in [-0.05, 0) is 44.2 Å². The first-order valence-corrected chi connectivity index (χ1v) is 8.48. The Bertz CT molecular complexity index is 724. The van der Waals surface area contributed by atoms with Gasteiger partial charge in [-0.1, -0.05) is 40.2 Å². The molecule has 132 valence electrons. The largest absolute Gasteiger partial charge is 0.481 e. The molecule has 0 aliphatic rings. The Morgan fingerprint density at radius 3 is 1.92 bits per heavy atom. The number of amides is 2. The van der Waals surface area contributed by atoms with Gasteiger partial charge in [-0.3, -0.25) is 20.4 Å². The van der Waals surface area contributed by atoms with Crippen molar-refractivity contribution in [3.05, 3.63) is 59.1 Å². The summed E-state index contributed by atoms with van der Waals surface area (Å²) in [5, 5.41) is 0. The van der Waals surface area contributed by atoms with E-state index >= 15 is 0 Å². The molecule has 2 N–H and O–H groups in total. The van der Waals surface area contributed by atoms with Crippen molar-refractivity contribution in [3.8, 4) is 11.5 Å². The molecular formula is C18H19BrN2O4. The van der Waals surface area contributed by atoms with Gasteiger partial charge in [0.2, 0.25) is 0 Å². The minimum Gasteiger partial charge on any atom is -0.481 e. The first-order valence-electron chi connectivity index (χ1n) is 7.69. The molecule has 2 aromatic carbocycles. The molecule has 0 aromatic heterocycles. The molecule has 2 aromatic rings. The topological polar surface area (TPSA) is 76.7 Å². The molecule has 0 saturated heterocycles. The highest BCUT2D eigenvalue weighted by molar-refractivity contribution is 9.10. The van der Waals surface area contributed by atoms with E-state index in [0.717, 1.165) is 4.47 Å². The molecule has 0 aliphatic heterocycles. The summed E-state index contributed by atoms with van der Waals surface area (Å²) < 4.78 is 11.8. The quantitative estimate of drug-likeness (QED) is 0.723. The van der Waals surface area contributed by atoms with Gasteiger partial charge in [0.25, 0.3) is 11.8 Å². The number of nitrogens with one attached hydrogen (secondary N) is 2. The van der Waals surface area contributed by atoms with Crippen LogP contribution in [-0.2, 0) is 9.59 Å². The molecule has 7 heteroatoms. The van der Waals surface area contributed by atoms with Gasteiger partial charge < -0.3 is 9.47 Å². The Morgan fingerprint density at radius 2 is 1.36 bits per heavy atom. The van der Waals surface area contributed by atoms with Crippen LogP contribution in [0.25, 0.3) is 0 Å². The van der Waals surface area contributed by atoms with Crippen LogP contribution in [0.4, 0.5) is 0 Å². The summed E-state index contributed by atoms with van der Waals surface area (Å²) in [6.45, 7) is 3.18. The van der Waals surface area contributed by atoms with E-state index in [-0.39, 0.29) is 0 Å². The van der Waals surface area contributed by atoms with Crippen molar-refractivity contribution >= 4 is 27.7 Å². The number of rotatable bonds is 6. The monoisotopic (exact) mass is 406 g/mol. The molecule has 2 atom stereocenters. The van der Waals surface area contributed by atoms with Crippen molar-refractivity contribution in [1.29, 1.82) is 0 Å². The molecule has 6 nitrogen and oxygen atoms in total. The number of halogens is 1. The lowest BCUT2D eigenvalue weighted by Crippen LogP contribution is -2.50. The molecule has 0 heterocycles. The van der Waals surface area contributed by atoms with Crippen molar-refractivity contribution in [2.24, 2.45) is 0 Å². The van der Waals surface area contributed by atoms with Gasteiger partial charge in [0, 0.05) is 4.47 Å². The molecule has 25 heavy (non-hydrogen) atoms. The van der Waals surface area contributed by atoms with E-state index in [1.807, 2.05) is 24.3 Å². The third-order valence-electron chi connectivity index (χ3n) is 3.21. The molecule has 0 radical (unpaired) electrons. The third kappa shape index (κ3) is 6.11. The summed E-state index contributed by atoms with van der Waals surface area (Å²) in [5.74, 6) is 0.180. The minimum atomic E-state index is -0.778. The maximum absolute atomic E-state index is 12.0. The number of hydrazine groups is 1. The zero-order valence-corrected chi connectivity index (χ0v) is 15.4. The second-order valence-electron chi connectivity index (χ2n) is 5.27. The molecule has 2 amide bonds. The SMILES string of the molecule is CC(Oc1ccccc1)C(=O)NNC(=O)C(C)Oc1cccc(Br)c1. The maximum atomic E-state index is 12.0. The summed E-state index contributed by atoms with van der Waals surface area (Å²) in [6, 6.07) is 16.1. The van der Waals surface area contributed by atoms with Gasteiger partial charge in [-0.25, -0.2) is 0 Å². The van der Waals surface area contributed by atoms with Crippen molar-refractivity contribution in [1.82, 2.24) is 10.9 Å². The second kappa shape index (κ2) is 9.08. The van der Waals surface area contributed by atoms with Crippen LogP contribution in [0.1, 0.15) is 13.8 Å². The smallest absolute Gasteiger partial charge is 0.279 e. The molecule has 0 bridgehead atoms. The number of para-hydroxylation sites is 1. The Labute approximate surface area is 154 Å². The molecule has 2 unspecified atom stereocenters. The van der Waals surface area contributed by atoms with Crippen LogP contribution in [0.2, 0.25) is 0 Å². The van der Waals surface area contributed by atoms with E-state index in [1.54, 1.807) is 44.2 Å². The van der Waals surface area contributed by atoms with Gasteiger partial charge >= 0.3 is 0 Å². The van der Waals surface area contributed by atoms with Crippen LogP contribution in [-0.4, -0.2) is 24.0 Å². The van der Waals surface area contributed by atoms with Crippen molar-refractivity contribution in [2.45, 2.75) is 26.1 Å². The van der Waals surface area contributed by atoms with E-state index in [4.69, 9.17) is 9.47 Å². The predicted molar refractivity (Wildman–Crippen MR) is 97.0 cm³/mol. The zero-order valence-electron chi connectivity index (χ0n) is 13.9. The summed E-state index contributed by atoms with van der Waals surface area (Å²) in [5.41, 5.74) is 4.66. The second-order valence-corrected chi connectivity index (χ2v) is 6.18. The van der Waals surface area contributed by atoms with Gasteiger partial charge in [0.1, 0.15) is 11.5 Å². The van der Waals surface area contributed by atoms with Crippen LogP contribution < -0.4 is 20.3 Å². The number of hydrogen-bond acceptors (Lipinski definition) is 4. The number of carbonyl (C=O) groups is 2. The van der Waals surface area contributed by atoms with Crippen molar-refractivity contribution < 1.29 is 19.1 Å². The Morgan fingerprint density at radius 1 is 0.840 bits per heavy atom. The van der Waals surface area contributed by atoms with Crippen LogP contribution in [0.15, 0.2) is 59.1 Å². The van der Waals surface area contributed by atoms with Gasteiger partial charge in [-0.15, -0.1) is 0 Å². The lowest BCUT2D eigenvalue weighted by molar-refractivity contribution is -0.135. The Kier molecular flexibility index (Phi) is 6.82. The van der Waals surface area contributed by atoms with Gasteiger partial charge in [-0.2, -0.15) is 0 Å².